The molecule has 1 aliphatic carbocycles. The van der Waals surface area contributed by atoms with E-state index in [0.29, 0.717) is 41.2 Å². The number of aliphatic carboxylic acids is 1. The molecule has 1 aromatic carbocycles. The lowest BCUT2D eigenvalue weighted by atomic mass is 9.89. The fourth-order valence-corrected chi connectivity index (χ4v) is 5.20. The number of amides is 1. The zero-order chi connectivity index (χ0) is 27.9. The maximum absolute atomic E-state index is 12.3. The molecule has 1 unspecified atom stereocenters. The minimum atomic E-state index is -1.22. The first-order chi connectivity index (χ1) is 18.1. The van der Waals surface area contributed by atoms with Gasteiger partial charge in [-0.3, -0.25) is 4.79 Å². The van der Waals surface area contributed by atoms with E-state index in [-0.39, 0.29) is 0 Å². The highest BCUT2D eigenvalue weighted by atomic mass is 16.5. The Morgan fingerprint density at radius 2 is 1.89 bits per heavy atom. The Kier molecular flexibility index (Phi) is 10.3. The summed E-state index contributed by atoms with van der Waals surface area (Å²) >= 11 is 0. The van der Waals surface area contributed by atoms with E-state index in [9.17, 15) is 14.7 Å². The van der Waals surface area contributed by atoms with E-state index in [0.717, 1.165) is 35.8 Å². The summed E-state index contributed by atoms with van der Waals surface area (Å²) in [7, 11) is 2.07. The van der Waals surface area contributed by atoms with Gasteiger partial charge in [0.1, 0.15) is 11.6 Å². The Hall–Kier alpha value is -2.97. The lowest BCUT2D eigenvalue weighted by Gasteiger charge is -2.29. The second-order valence-corrected chi connectivity index (χ2v) is 11.1. The van der Waals surface area contributed by atoms with Crippen molar-refractivity contribution in [3.05, 3.63) is 40.6 Å². The van der Waals surface area contributed by atoms with Crippen LogP contribution in [0.15, 0.2) is 18.2 Å². The van der Waals surface area contributed by atoms with Crippen molar-refractivity contribution in [3.8, 4) is 16.9 Å². The Balaban J connectivity index is 0.000000427. The van der Waals surface area contributed by atoms with Gasteiger partial charge in [0.2, 0.25) is 6.41 Å². The Bertz CT molecular complexity index is 1120. The zero-order valence-corrected chi connectivity index (χ0v) is 23.6. The molecule has 0 bridgehead atoms. The van der Waals surface area contributed by atoms with E-state index in [1.165, 1.54) is 32.1 Å². The van der Waals surface area contributed by atoms with Crippen LogP contribution in [0.4, 0.5) is 5.82 Å². The van der Waals surface area contributed by atoms with Crippen LogP contribution < -0.4 is 15.4 Å². The molecule has 2 aliphatic rings. The summed E-state index contributed by atoms with van der Waals surface area (Å²) in [5.41, 5.74) is 3.61. The average molecular weight is 526 g/mol. The number of pyridine rings is 1. The molecule has 4 rings (SSSR count). The third-order valence-corrected chi connectivity index (χ3v) is 7.03. The summed E-state index contributed by atoms with van der Waals surface area (Å²) in [5.74, 6) is 0.0818. The number of ether oxygens (including phenoxy) is 2. The van der Waals surface area contributed by atoms with Crippen LogP contribution in [0.2, 0.25) is 0 Å². The number of aryl methyl sites for hydroxylation is 2. The standard InChI is InChI=1S/C23H28N2O5.C7H15N/c1-13-18(20(22(27)28)30-23(3,4)5)19(14(2)25-21(13)24-12-26)16-8-9-17-15(11-16)7-6-10-29-17;1-8-7-5-3-2-4-6-7/h8-9,11-12,20H,6-7,10H2,1-5H3,(H,27,28)(H,24,25,26);7-8H,2-6H2,1H3. The van der Waals surface area contributed by atoms with Crippen molar-refractivity contribution in [2.24, 2.45) is 0 Å². The molecule has 1 aliphatic heterocycles. The first-order valence-corrected chi connectivity index (χ1v) is 13.6. The first-order valence-electron chi connectivity index (χ1n) is 13.6. The number of anilines is 1. The summed E-state index contributed by atoms with van der Waals surface area (Å²) in [4.78, 5) is 27.9. The van der Waals surface area contributed by atoms with Gasteiger partial charge in [-0.15, -0.1) is 0 Å². The van der Waals surface area contributed by atoms with Crippen molar-refractivity contribution in [2.45, 2.75) is 97.3 Å². The van der Waals surface area contributed by atoms with Crippen molar-refractivity contribution in [2.75, 3.05) is 19.0 Å². The molecular formula is C30H43N3O5. The lowest BCUT2D eigenvalue weighted by Crippen LogP contribution is -2.28. The monoisotopic (exact) mass is 525 g/mol. The third-order valence-electron chi connectivity index (χ3n) is 7.03. The van der Waals surface area contributed by atoms with Crippen LogP contribution in [-0.2, 0) is 20.7 Å². The number of fused-ring (bicyclic) bond motifs is 1. The van der Waals surface area contributed by atoms with Gasteiger partial charge in [-0.2, -0.15) is 0 Å². The molecule has 0 spiro atoms. The topological polar surface area (TPSA) is 110 Å². The van der Waals surface area contributed by atoms with Crippen LogP contribution in [-0.4, -0.2) is 47.8 Å². The Labute approximate surface area is 226 Å². The normalized spacial score (nSPS) is 16.4. The van der Waals surface area contributed by atoms with Crippen molar-refractivity contribution < 1.29 is 24.2 Å². The van der Waals surface area contributed by atoms with Crippen LogP contribution in [0.25, 0.3) is 11.1 Å². The second kappa shape index (κ2) is 13.2. The number of benzene rings is 1. The van der Waals surface area contributed by atoms with E-state index in [1.54, 1.807) is 13.8 Å². The molecule has 8 nitrogen and oxygen atoms in total. The number of carboxylic acid groups (broad SMARTS) is 1. The van der Waals surface area contributed by atoms with E-state index in [1.807, 2.05) is 39.0 Å². The molecule has 0 radical (unpaired) electrons. The maximum atomic E-state index is 12.3. The van der Waals surface area contributed by atoms with E-state index >= 15 is 0 Å². The lowest BCUT2D eigenvalue weighted by molar-refractivity contribution is -0.160. The van der Waals surface area contributed by atoms with Crippen molar-refractivity contribution >= 4 is 18.2 Å². The molecule has 1 fully saturated rings. The molecule has 38 heavy (non-hydrogen) atoms. The number of hydrogen-bond acceptors (Lipinski definition) is 6. The number of nitrogens with zero attached hydrogens (tertiary/aromatic N) is 1. The van der Waals surface area contributed by atoms with Crippen molar-refractivity contribution in [1.82, 2.24) is 10.3 Å². The quantitative estimate of drug-likeness (QED) is 0.396. The molecule has 1 atom stereocenters. The first kappa shape index (κ1) is 29.6. The van der Waals surface area contributed by atoms with Gasteiger partial charge >= 0.3 is 5.97 Å². The molecule has 2 aromatic rings. The van der Waals surface area contributed by atoms with Gasteiger partial charge in [0.25, 0.3) is 0 Å². The van der Waals surface area contributed by atoms with E-state index in [2.05, 4.69) is 22.7 Å². The van der Waals surface area contributed by atoms with Crippen molar-refractivity contribution in [1.29, 1.82) is 0 Å². The minimum absolute atomic E-state index is 0.325. The Morgan fingerprint density at radius 3 is 2.47 bits per heavy atom. The average Bonchev–Trinajstić information content (AvgIpc) is 2.89. The minimum Gasteiger partial charge on any atom is -0.493 e. The van der Waals surface area contributed by atoms with Gasteiger partial charge in [-0.1, -0.05) is 25.3 Å². The fourth-order valence-electron chi connectivity index (χ4n) is 5.20. The number of aromatic nitrogens is 1. The summed E-state index contributed by atoms with van der Waals surface area (Å²) in [6.07, 6.45) is 8.28. The van der Waals surface area contributed by atoms with Gasteiger partial charge < -0.3 is 25.2 Å². The highest BCUT2D eigenvalue weighted by Gasteiger charge is 2.33. The molecule has 1 aromatic heterocycles. The highest BCUT2D eigenvalue weighted by molar-refractivity contribution is 5.85. The smallest absolute Gasteiger partial charge is 0.337 e. The number of hydrogen-bond donors (Lipinski definition) is 3. The summed E-state index contributed by atoms with van der Waals surface area (Å²) < 4.78 is 11.7. The van der Waals surface area contributed by atoms with Crippen LogP contribution in [0, 0.1) is 13.8 Å². The van der Waals surface area contributed by atoms with Gasteiger partial charge in [0.05, 0.1) is 12.2 Å². The molecule has 2 heterocycles. The fraction of sp³-hybridized carbons (Fsp3) is 0.567. The summed E-state index contributed by atoms with van der Waals surface area (Å²) in [6.45, 7) is 9.69. The summed E-state index contributed by atoms with van der Waals surface area (Å²) in [6, 6.07) is 6.70. The molecule has 208 valence electrons. The van der Waals surface area contributed by atoms with Gasteiger partial charge in [-0.05, 0) is 96.2 Å². The van der Waals surface area contributed by atoms with E-state index < -0.39 is 17.7 Å². The molecular weight excluding hydrogens is 482 g/mol. The number of carbonyl (C=O) groups excluding carboxylic acids is 1. The predicted octanol–water partition coefficient (Wildman–Crippen LogP) is 5.74. The van der Waals surface area contributed by atoms with Crippen LogP contribution in [0.1, 0.15) is 87.8 Å². The SMILES string of the molecule is CNC1CCCCC1.Cc1nc(NC=O)c(C)c(C(OC(C)(C)C)C(=O)O)c1-c1ccc2c(c1)CCCO2. The molecule has 3 N–H and O–H groups in total. The largest absolute Gasteiger partial charge is 0.493 e. The van der Waals surface area contributed by atoms with Crippen LogP contribution in [0.3, 0.4) is 0 Å². The van der Waals surface area contributed by atoms with Crippen LogP contribution in [0.5, 0.6) is 5.75 Å². The van der Waals surface area contributed by atoms with Gasteiger partial charge in [0, 0.05) is 22.9 Å². The number of nitrogens with one attached hydrogen (secondary N) is 2. The number of rotatable bonds is 7. The predicted molar refractivity (Wildman–Crippen MR) is 150 cm³/mol. The second-order valence-electron chi connectivity index (χ2n) is 11.1. The summed E-state index contributed by atoms with van der Waals surface area (Å²) in [5, 5.41) is 15.9. The number of carbonyl (C=O) groups is 2. The van der Waals surface area contributed by atoms with E-state index in [4.69, 9.17) is 9.47 Å². The van der Waals surface area contributed by atoms with Gasteiger partial charge in [0.15, 0.2) is 6.10 Å². The maximum Gasteiger partial charge on any atom is 0.337 e. The number of carboxylic acids is 1. The molecule has 0 saturated heterocycles. The molecule has 1 amide bonds. The van der Waals surface area contributed by atoms with Crippen molar-refractivity contribution in [3.63, 3.8) is 0 Å². The zero-order valence-electron chi connectivity index (χ0n) is 23.6. The molecule has 1 saturated carbocycles. The third kappa shape index (κ3) is 7.54. The molecule has 8 heteroatoms. The Morgan fingerprint density at radius 1 is 1.18 bits per heavy atom. The van der Waals surface area contributed by atoms with Gasteiger partial charge in [-0.25, -0.2) is 9.78 Å². The van der Waals surface area contributed by atoms with Crippen LogP contribution >= 0.6 is 0 Å². The highest BCUT2D eigenvalue weighted by Crippen LogP contribution is 2.40.